The first kappa shape index (κ1) is 27.5. The number of hydrogen-bond acceptors (Lipinski definition) is 5. The highest BCUT2D eigenvalue weighted by Gasteiger charge is 2.31. The Labute approximate surface area is 226 Å². The summed E-state index contributed by atoms with van der Waals surface area (Å²) in [4.78, 5) is 15.3. The van der Waals surface area contributed by atoms with Crippen LogP contribution in [0.3, 0.4) is 0 Å². The fourth-order valence-electron chi connectivity index (χ4n) is 5.07. The van der Waals surface area contributed by atoms with E-state index in [4.69, 9.17) is 9.47 Å². The minimum absolute atomic E-state index is 0.0312. The van der Waals surface area contributed by atoms with Crippen molar-refractivity contribution in [2.24, 2.45) is 5.92 Å². The standard InChI is InChI=1S/C30H36N2O5S/c1-22-16-23(2)18-26(17-22)32(38(34,35)27-10-11-28(36-3)29(20-27)37-4)21-30(33)31-14-12-25(13-15-31)19-24-8-6-5-7-9-24/h5-11,16-18,20,25H,12-15,19,21H2,1-4H3. The number of piperidine rings is 1. The first-order chi connectivity index (χ1) is 18.2. The second-order valence-corrected chi connectivity index (χ2v) is 11.8. The Morgan fingerprint density at radius 2 is 1.53 bits per heavy atom. The van der Waals surface area contributed by atoms with Gasteiger partial charge in [0.15, 0.2) is 11.5 Å². The van der Waals surface area contributed by atoms with Crippen molar-refractivity contribution < 1.29 is 22.7 Å². The predicted octanol–water partition coefficient (Wildman–Crippen LogP) is 5.00. The average Bonchev–Trinajstić information content (AvgIpc) is 2.91. The fraction of sp³-hybridized carbons (Fsp3) is 0.367. The number of rotatable bonds is 9. The van der Waals surface area contributed by atoms with Crippen LogP contribution in [0.25, 0.3) is 0 Å². The topological polar surface area (TPSA) is 76.2 Å². The molecule has 0 aromatic heterocycles. The number of ether oxygens (including phenoxy) is 2. The number of amides is 1. The molecule has 1 fully saturated rings. The van der Waals surface area contributed by atoms with Crippen LogP contribution in [-0.4, -0.2) is 53.1 Å². The highest BCUT2D eigenvalue weighted by Crippen LogP contribution is 2.33. The molecule has 4 rings (SSSR count). The van der Waals surface area contributed by atoms with Crippen molar-refractivity contribution >= 4 is 21.6 Å². The first-order valence-corrected chi connectivity index (χ1v) is 14.3. The van der Waals surface area contributed by atoms with Gasteiger partial charge in [-0.15, -0.1) is 0 Å². The van der Waals surface area contributed by atoms with Crippen molar-refractivity contribution in [3.05, 3.63) is 83.4 Å². The average molecular weight is 537 g/mol. The van der Waals surface area contributed by atoms with Gasteiger partial charge in [0, 0.05) is 19.2 Å². The molecule has 7 nitrogen and oxygen atoms in total. The number of methoxy groups -OCH3 is 2. The van der Waals surface area contributed by atoms with Crippen LogP contribution in [0.5, 0.6) is 11.5 Å². The number of benzene rings is 3. The summed E-state index contributed by atoms with van der Waals surface area (Å²) in [6, 6.07) is 20.4. The van der Waals surface area contributed by atoms with E-state index < -0.39 is 10.0 Å². The van der Waals surface area contributed by atoms with Crippen molar-refractivity contribution in [1.82, 2.24) is 4.90 Å². The normalized spacial score (nSPS) is 14.3. The molecule has 0 spiro atoms. The summed E-state index contributed by atoms with van der Waals surface area (Å²) >= 11 is 0. The summed E-state index contributed by atoms with van der Waals surface area (Å²) in [7, 11) is -1.13. The minimum Gasteiger partial charge on any atom is -0.493 e. The summed E-state index contributed by atoms with van der Waals surface area (Å²) in [5, 5.41) is 0. The number of hydrogen-bond donors (Lipinski definition) is 0. The lowest BCUT2D eigenvalue weighted by molar-refractivity contribution is -0.130. The fourth-order valence-corrected chi connectivity index (χ4v) is 6.48. The summed E-state index contributed by atoms with van der Waals surface area (Å²) in [5.74, 6) is 1.04. The van der Waals surface area contributed by atoms with Crippen LogP contribution in [0.2, 0.25) is 0 Å². The van der Waals surface area contributed by atoms with E-state index in [1.54, 1.807) is 23.1 Å². The number of carbonyl (C=O) groups excluding carboxylic acids is 1. The number of aryl methyl sites for hydroxylation is 2. The number of anilines is 1. The molecule has 3 aromatic carbocycles. The quantitative estimate of drug-likeness (QED) is 0.385. The molecule has 0 N–H and O–H groups in total. The van der Waals surface area contributed by atoms with Crippen LogP contribution in [0.1, 0.15) is 29.5 Å². The van der Waals surface area contributed by atoms with Crippen molar-refractivity contribution in [2.75, 3.05) is 38.2 Å². The van der Waals surface area contributed by atoms with Gasteiger partial charge >= 0.3 is 0 Å². The molecule has 0 unspecified atom stereocenters. The number of carbonyl (C=O) groups is 1. The van der Waals surface area contributed by atoms with Crippen molar-refractivity contribution in [2.45, 2.75) is 38.0 Å². The molecule has 1 aliphatic rings. The maximum atomic E-state index is 14.0. The summed E-state index contributed by atoms with van der Waals surface area (Å²) in [6.07, 6.45) is 2.78. The second kappa shape index (κ2) is 11.9. The van der Waals surface area contributed by atoms with Crippen LogP contribution in [-0.2, 0) is 21.2 Å². The Balaban J connectivity index is 1.57. The van der Waals surface area contributed by atoms with Gasteiger partial charge in [0.25, 0.3) is 10.0 Å². The van der Waals surface area contributed by atoms with Gasteiger partial charge in [-0.2, -0.15) is 0 Å². The van der Waals surface area contributed by atoms with E-state index in [0.717, 1.165) is 30.4 Å². The molecular weight excluding hydrogens is 500 g/mol. The smallest absolute Gasteiger partial charge is 0.264 e. The molecule has 1 heterocycles. The minimum atomic E-state index is -4.08. The third kappa shape index (κ3) is 6.30. The van der Waals surface area contributed by atoms with E-state index in [1.165, 1.54) is 36.2 Å². The lowest BCUT2D eigenvalue weighted by Gasteiger charge is -2.34. The van der Waals surface area contributed by atoms with E-state index in [0.29, 0.717) is 36.2 Å². The van der Waals surface area contributed by atoms with Gasteiger partial charge in [0.2, 0.25) is 5.91 Å². The molecule has 202 valence electrons. The van der Waals surface area contributed by atoms with Crippen LogP contribution in [0.4, 0.5) is 5.69 Å². The third-order valence-electron chi connectivity index (χ3n) is 7.05. The third-order valence-corrected chi connectivity index (χ3v) is 8.82. The Morgan fingerprint density at radius 3 is 2.13 bits per heavy atom. The molecule has 0 saturated carbocycles. The van der Waals surface area contributed by atoms with Crippen LogP contribution in [0.15, 0.2) is 71.6 Å². The molecule has 0 bridgehead atoms. The molecule has 38 heavy (non-hydrogen) atoms. The van der Waals surface area contributed by atoms with E-state index in [-0.39, 0.29) is 17.3 Å². The van der Waals surface area contributed by atoms with Gasteiger partial charge in [-0.05, 0) is 80.0 Å². The van der Waals surface area contributed by atoms with Crippen molar-refractivity contribution in [3.8, 4) is 11.5 Å². The molecule has 0 atom stereocenters. The monoisotopic (exact) mass is 536 g/mol. The summed E-state index contributed by atoms with van der Waals surface area (Å²) in [5.41, 5.74) is 3.60. The lowest BCUT2D eigenvalue weighted by Crippen LogP contribution is -2.46. The molecule has 8 heteroatoms. The summed E-state index contributed by atoms with van der Waals surface area (Å²) in [6.45, 7) is 4.79. The maximum absolute atomic E-state index is 14.0. The zero-order valence-electron chi connectivity index (χ0n) is 22.5. The lowest BCUT2D eigenvalue weighted by atomic mass is 9.90. The van der Waals surface area contributed by atoms with Crippen LogP contribution >= 0.6 is 0 Å². The van der Waals surface area contributed by atoms with E-state index in [1.807, 2.05) is 26.0 Å². The molecule has 0 aliphatic carbocycles. The largest absolute Gasteiger partial charge is 0.493 e. The SMILES string of the molecule is COc1ccc(S(=O)(=O)N(CC(=O)N2CCC(Cc3ccccc3)CC2)c2cc(C)cc(C)c2)cc1OC. The van der Waals surface area contributed by atoms with Gasteiger partial charge < -0.3 is 14.4 Å². The number of nitrogens with zero attached hydrogens (tertiary/aromatic N) is 2. The van der Waals surface area contributed by atoms with Gasteiger partial charge in [0.1, 0.15) is 6.54 Å². The zero-order valence-corrected chi connectivity index (χ0v) is 23.3. The number of sulfonamides is 1. The second-order valence-electron chi connectivity index (χ2n) is 9.89. The van der Waals surface area contributed by atoms with E-state index >= 15 is 0 Å². The Kier molecular flexibility index (Phi) is 8.62. The number of likely N-dealkylation sites (tertiary alicyclic amines) is 1. The zero-order chi connectivity index (χ0) is 27.3. The molecule has 0 radical (unpaired) electrons. The molecule has 1 aliphatic heterocycles. The van der Waals surface area contributed by atoms with Gasteiger partial charge in [-0.3, -0.25) is 9.10 Å². The van der Waals surface area contributed by atoms with Crippen molar-refractivity contribution in [1.29, 1.82) is 0 Å². The van der Waals surface area contributed by atoms with E-state index in [2.05, 4.69) is 24.3 Å². The van der Waals surface area contributed by atoms with Crippen LogP contribution < -0.4 is 13.8 Å². The molecule has 3 aromatic rings. The van der Waals surface area contributed by atoms with Gasteiger partial charge in [-0.1, -0.05) is 36.4 Å². The predicted molar refractivity (Wildman–Crippen MR) is 149 cm³/mol. The molecule has 1 saturated heterocycles. The van der Waals surface area contributed by atoms with Gasteiger partial charge in [-0.25, -0.2) is 8.42 Å². The van der Waals surface area contributed by atoms with Crippen LogP contribution in [0, 0.1) is 19.8 Å². The Morgan fingerprint density at radius 1 is 0.895 bits per heavy atom. The highest BCUT2D eigenvalue weighted by molar-refractivity contribution is 7.92. The van der Waals surface area contributed by atoms with Crippen molar-refractivity contribution in [3.63, 3.8) is 0 Å². The molecule has 1 amide bonds. The summed E-state index contributed by atoms with van der Waals surface area (Å²) < 4.78 is 39.7. The molecular formula is C30H36N2O5S. The Hall–Kier alpha value is -3.52. The van der Waals surface area contributed by atoms with E-state index in [9.17, 15) is 13.2 Å². The first-order valence-electron chi connectivity index (χ1n) is 12.9. The Bertz CT molecular complexity index is 1350. The van der Waals surface area contributed by atoms with Gasteiger partial charge in [0.05, 0.1) is 24.8 Å². The maximum Gasteiger partial charge on any atom is 0.264 e. The highest BCUT2D eigenvalue weighted by atomic mass is 32.2.